The van der Waals surface area contributed by atoms with Crippen LogP contribution < -0.4 is 20.7 Å². The molecule has 0 amide bonds. The van der Waals surface area contributed by atoms with Crippen molar-refractivity contribution in [2.75, 3.05) is 30.9 Å². The van der Waals surface area contributed by atoms with Gasteiger partial charge in [0.15, 0.2) is 0 Å². The number of rotatable bonds is 9. The fourth-order valence-electron chi connectivity index (χ4n) is 5.12. The Morgan fingerprint density at radius 3 is 2.63 bits per heavy atom. The first-order valence-corrected chi connectivity index (χ1v) is 13.1. The average Bonchev–Trinajstić information content (AvgIpc) is 3.42. The molecule has 0 aliphatic heterocycles. The van der Waals surface area contributed by atoms with E-state index in [0.29, 0.717) is 35.1 Å². The van der Waals surface area contributed by atoms with E-state index in [1.54, 1.807) is 0 Å². The van der Waals surface area contributed by atoms with Crippen molar-refractivity contribution in [3.05, 3.63) is 77.4 Å². The van der Waals surface area contributed by atoms with Gasteiger partial charge < -0.3 is 20.0 Å². The Labute approximate surface area is 223 Å². The molecule has 3 N–H and O–H groups in total. The van der Waals surface area contributed by atoms with E-state index in [2.05, 4.69) is 23.3 Å². The van der Waals surface area contributed by atoms with Gasteiger partial charge in [-0.25, -0.2) is 4.98 Å². The van der Waals surface area contributed by atoms with Gasteiger partial charge >= 0.3 is 0 Å². The predicted molar refractivity (Wildman–Crippen MR) is 153 cm³/mol. The van der Waals surface area contributed by atoms with Crippen molar-refractivity contribution in [1.82, 2.24) is 15.3 Å². The summed E-state index contributed by atoms with van der Waals surface area (Å²) in [7, 11) is 4.02. The Morgan fingerprint density at radius 1 is 1.08 bits per heavy atom. The Balaban J connectivity index is 1.14. The van der Waals surface area contributed by atoms with Gasteiger partial charge in [0.25, 0.3) is 5.69 Å². The normalized spacial score (nSPS) is 17.2. The van der Waals surface area contributed by atoms with Gasteiger partial charge in [0.1, 0.15) is 17.3 Å². The number of aromatic nitrogens is 2. The van der Waals surface area contributed by atoms with E-state index in [1.807, 2.05) is 79.6 Å². The van der Waals surface area contributed by atoms with E-state index >= 15 is 0 Å². The van der Waals surface area contributed by atoms with Crippen molar-refractivity contribution in [1.29, 1.82) is 0 Å². The van der Waals surface area contributed by atoms with Crippen molar-refractivity contribution in [3.8, 4) is 11.3 Å². The van der Waals surface area contributed by atoms with Gasteiger partial charge in [-0.15, -0.1) is 0 Å². The summed E-state index contributed by atoms with van der Waals surface area (Å²) in [5.74, 6) is 3.50. The molecule has 0 unspecified atom stereocenters. The second-order valence-electron chi connectivity index (χ2n) is 10.3. The van der Waals surface area contributed by atoms with Crippen LogP contribution in [0.2, 0.25) is 0 Å². The summed E-state index contributed by atoms with van der Waals surface area (Å²) >= 11 is 0. The summed E-state index contributed by atoms with van der Waals surface area (Å²) in [4.78, 5) is 23.0. The number of nitroso groups, excluding NO2 is 1. The number of anilines is 2. The van der Waals surface area contributed by atoms with Crippen LogP contribution in [0.3, 0.4) is 0 Å². The minimum Gasteiger partial charge on any atom is -0.454 e. The standard InChI is InChI=1S/C30H34N6O2/c1-19-9-14-23(26(17-19)35-37)28-16-15-27(38-28)20(2)31-18-21-10-12-22(13-11-21)32-30-33-25-8-6-5-7-24(25)29(34-30)36(3)4/h5-9,14-17,21-22,31H,2,10-13,18H2,1,3-4H3,(H,32,33,34)/p+1. The number of para-hydroxylation sites is 1. The maximum atomic E-state index is 11.4. The number of nitrogens with zero attached hydrogens (tertiary/aromatic N) is 3. The zero-order valence-electron chi connectivity index (χ0n) is 22.3. The minimum absolute atomic E-state index is 0.358. The Kier molecular flexibility index (Phi) is 7.40. The fourth-order valence-corrected chi connectivity index (χ4v) is 5.12. The summed E-state index contributed by atoms with van der Waals surface area (Å²) in [6.07, 6.45) is 4.35. The number of hydrogen-bond acceptors (Lipinski definition) is 7. The van der Waals surface area contributed by atoms with Gasteiger partial charge in [-0.1, -0.05) is 24.8 Å². The largest absolute Gasteiger partial charge is 0.454 e. The van der Waals surface area contributed by atoms with E-state index in [0.717, 1.165) is 65.8 Å². The first kappa shape index (κ1) is 25.4. The second kappa shape index (κ2) is 11.0. The van der Waals surface area contributed by atoms with Crippen molar-refractivity contribution in [3.63, 3.8) is 0 Å². The predicted octanol–water partition coefficient (Wildman–Crippen LogP) is 4.97. The summed E-state index contributed by atoms with van der Waals surface area (Å²) in [6.45, 7) is 6.97. The third-order valence-electron chi connectivity index (χ3n) is 7.24. The van der Waals surface area contributed by atoms with Crippen molar-refractivity contribution < 1.29 is 9.59 Å². The highest BCUT2D eigenvalue weighted by molar-refractivity contribution is 5.90. The van der Waals surface area contributed by atoms with Gasteiger partial charge in [-0.2, -0.15) is 4.98 Å². The summed E-state index contributed by atoms with van der Waals surface area (Å²) < 4.78 is 6.03. The molecule has 2 aromatic heterocycles. The molecule has 8 nitrogen and oxygen atoms in total. The van der Waals surface area contributed by atoms with Crippen LogP contribution >= 0.6 is 0 Å². The highest BCUT2D eigenvalue weighted by Gasteiger charge is 2.23. The Morgan fingerprint density at radius 2 is 1.87 bits per heavy atom. The lowest BCUT2D eigenvalue weighted by Crippen LogP contribution is -2.56. The van der Waals surface area contributed by atoms with Crippen LogP contribution in [0.4, 0.5) is 17.5 Å². The summed E-state index contributed by atoms with van der Waals surface area (Å²) in [5, 5.41) is 10.1. The molecule has 1 fully saturated rings. The highest BCUT2D eigenvalue weighted by Crippen LogP contribution is 2.31. The van der Waals surface area contributed by atoms with Crippen LogP contribution in [0.5, 0.6) is 0 Å². The van der Waals surface area contributed by atoms with E-state index in [1.165, 1.54) is 0 Å². The summed E-state index contributed by atoms with van der Waals surface area (Å²) in [6, 6.07) is 17.9. The molecule has 5 rings (SSSR count). The topological polar surface area (TPSA) is 97.3 Å². The maximum Gasteiger partial charge on any atom is 0.264 e. The van der Waals surface area contributed by atoms with Crippen LogP contribution in [0, 0.1) is 17.7 Å². The molecule has 2 heterocycles. The third kappa shape index (κ3) is 5.54. The SMILES string of the molecule is C=C(NCC1CCC(Nc2nc(N(C)C)c3ccccc3n2)CC1)c1ccc(-c2ccc(C)cc2[NH+]=O)o1. The molecule has 1 aliphatic carbocycles. The number of furan rings is 1. The van der Waals surface area contributed by atoms with Gasteiger partial charge in [0, 0.05) is 48.2 Å². The molecular formula is C30H35N6O2+. The van der Waals surface area contributed by atoms with Gasteiger partial charge in [-0.05, 0) is 74.4 Å². The third-order valence-corrected chi connectivity index (χ3v) is 7.24. The first-order valence-electron chi connectivity index (χ1n) is 13.1. The van der Waals surface area contributed by atoms with Gasteiger partial charge in [0.05, 0.1) is 16.8 Å². The van der Waals surface area contributed by atoms with E-state index in [4.69, 9.17) is 14.4 Å². The molecular weight excluding hydrogens is 476 g/mol. The molecule has 0 spiro atoms. The average molecular weight is 512 g/mol. The van der Waals surface area contributed by atoms with E-state index < -0.39 is 0 Å². The van der Waals surface area contributed by atoms with Crippen LogP contribution in [0.1, 0.15) is 37.0 Å². The second-order valence-corrected chi connectivity index (χ2v) is 10.3. The van der Waals surface area contributed by atoms with Gasteiger partial charge in [-0.3, -0.25) is 0 Å². The first-order chi connectivity index (χ1) is 18.4. The van der Waals surface area contributed by atoms with Crippen molar-refractivity contribution >= 4 is 34.1 Å². The van der Waals surface area contributed by atoms with Gasteiger partial charge in [0.2, 0.25) is 5.95 Å². The maximum absolute atomic E-state index is 11.4. The number of benzene rings is 2. The Hall–Kier alpha value is -4.20. The lowest BCUT2D eigenvalue weighted by atomic mass is 9.86. The van der Waals surface area contributed by atoms with Crippen molar-refractivity contribution in [2.45, 2.75) is 38.6 Å². The highest BCUT2D eigenvalue weighted by atomic mass is 16.3. The molecule has 1 saturated carbocycles. The van der Waals surface area contributed by atoms with Crippen molar-refractivity contribution in [2.24, 2.45) is 5.92 Å². The lowest BCUT2D eigenvalue weighted by Gasteiger charge is -2.29. The monoisotopic (exact) mass is 511 g/mol. The fraction of sp³-hybridized carbons (Fsp3) is 0.333. The van der Waals surface area contributed by atoms with Crippen LogP contribution in [0.25, 0.3) is 27.9 Å². The molecule has 0 atom stereocenters. The van der Waals surface area contributed by atoms with Crippen LogP contribution in [-0.4, -0.2) is 36.6 Å². The van der Waals surface area contributed by atoms with E-state index in [9.17, 15) is 4.91 Å². The minimum atomic E-state index is 0.358. The molecule has 38 heavy (non-hydrogen) atoms. The molecule has 0 bridgehead atoms. The zero-order valence-corrected chi connectivity index (χ0v) is 22.3. The molecule has 196 valence electrons. The molecule has 1 aliphatic rings. The Bertz CT molecular complexity index is 1450. The number of hydrogen-bond donors (Lipinski definition) is 3. The molecule has 0 radical (unpaired) electrons. The molecule has 2 aromatic carbocycles. The molecule has 4 aromatic rings. The quantitative estimate of drug-likeness (QED) is 0.292. The number of fused-ring (bicyclic) bond motifs is 1. The summed E-state index contributed by atoms with van der Waals surface area (Å²) in [5.41, 5.74) is 3.96. The molecule has 8 heteroatoms. The lowest BCUT2D eigenvalue weighted by molar-refractivity contribution is -0.378. The van der Waals surface area contributed by atoms with Crippen LogP contribution in [0.15, 0.2) is 65.6 Å². The number of nitrogens with one attached hydrogen (secondary N) is 3. The zero-order chi connectivity index (χ0) is 26.6. The smallest absolute Gasteiger partial charge is 0.264 e. The molecule has 0 saturated heterocycles. The van der Waals surface area contributed by atoms with E-state index in [-0.39, 0.29) is 0 Å². The number of aryl methyl sites for hydroxylation is 1. The van der Waals surface area contributed by atoms with Crippen LogP contribution in [-0.2, 0) is 0 Å².